The Morgan fingerprint density at radius 3 is 2.71 bits per heavy atom. The van der Waals surface area contributed by atoms with Crippen molar-refractivity contribution in [2.45, 2.75) is 18.4 Å². The number of fused-ring (bicyclic) bond motifs is 3. The van der Waals surface area contributed by atoms with Gasteiger partial charge in [-0.3, -0.25) is 0 Å². The molecule has 0 aromatic heterocycles. The Hall–Kier alpha value is -1.25. The first-order chi connectivity index (χ1) is 10.2. The van der Waals surface area contributed by atoms with Gasteiger partial charge in [0.05, 0.1) is 16.8 Å². The van der Waals surface area contributed by atoms with E-state index in [-0.39, 0.29) is 0 Å². The quantitative estimate of drug-likeness (QED) is 0.622. The Morgan fingerprint density at radius 2 is 1.90 bits per heavy atom. The molecular weight excluding hydrogens is 346 g/mol. The summed E-state index contributed by atoms with van der Waals surface area (Å²) in [5.74, 6) is 1.03. The minimum Gasteiger partial charge on any atom is -0.376 e. The molecule has 1 nitrogen and oxygen atoms in total. The summed E-state index contributed by atoms with van der Waals surface area (Å²) in [5.41, 5.74) is 3.75. The van der Waals surface area contributed by atoms with Crippen molar-refractivity contribution in [3.8, 4) is 0 Å². The number of para-hydroxylation sites is 1. The second-order valence-corrected chi connectivity index (χ2v) is 7.05. The number of allylic oxidation sites excluding steroid dienone is 2. The van der Waals surface area contributed by atoms with Gasteiger partial charge in [0.1, 0.15) is 0 Å². The minimum absolute atomic E-state index is 0.311. The molecule has 2 aromatic rings. The largest absolute Gasteiger partial charge is 0.376 e. The molecule has 2 aliphatic rings. The van der Waals surface area contributed by atoms with Crippen LogP contribution in [0.2, 0.25) is 5.02 Å². The van der Waals surface area contributed by atoms with Crippen molar-refractivity contribution in [3.63, 3.8) is 0 Å². The van der Waals surface area contributed by atoms with Crippen molar-refractivity contribution in [2.75, 3.05) is 5.32 Å². The van der Waals surface area contributed by atoms with Gasteiger partial charge in [0.2, 0.25) is 0 Å². The third-order valence-corrected chi connectivity index (χ3v) is 5.42. The Balaban J connectivity index is 1.81. The van der Waals surface area contributed by atoms with Crippen LogP contribution in [0.1, 0.15) is 29.5 Å². The summed E-state index contributed by atoms with van der Waals surface area (Å²) in [6, 6.07) is 15.1. The van der Waals surface area contributed by atoms with Crippen molar-refractivity contribution in [2.24, 2.45) is 5.92 Å². The van der Waals surface area contributed by atoms with Crippen LogP contribution in [0.4, 0.5) is 5.69 Å². The average molecular weight is 361 g/mol. The molecule has 1 aliphatic heterocycles. The SMILES string of the molecule is Clc1cccc2c1N[C@H](c1ccc(Br)cc1)[C@H]1CC=C[C@H]21. The van der Waals surface area contributed by atoms with E-state index in [1.54, 1.807) is 0 Å². The lowest BCUT2D eigenvalue weighted by molar-refractivity contribution is 0.425. The van der Waals surface area contributed by atoms with Gasteiger partial charge in [-0.25, -0.2) is 0 Å². The van der Waals surface area contributed by atoms with E-state index >= 15 is 0 Å². The van der Waals surface area contributed by atoms with Gasteiger partial charge in [-0.2, -0.15) is 0 Å². The van der Waals surface area contributed by atoms with Gasteiger partial charge in [0.15, 0.2) is 0 Å². The molecule has 0 unspecified atom stereocenters. The zero-order chi connectivity index (χ0) is 14.4. The molecule has 1 aliphatic carbocycles. The van der Waals surface area contributed by atoms with E-state index < -0.39 is 0 Å². The number of nitrogens with one attached hydrogen (secondary N) is 1. The predicted molar refractivity (Wildman–Crippen MR) is 91.9 cm³/mol. The van der Waals surface area contributed by atoms with Crippen molar-refractivity contribution >= 4 is 33.2 Å². The maximum absolute atomic E-state index is 6.42. The van der Waals surface area contributed by atoms with Crippen LogP contribution in [0.15, 0.2) is 59.1 Å². The molecule has 4 rings (SSSR count). The van der Waals surface area contributed by atoms with Crippen LogP contribution in [-0.4, -0.2) is 0 Å². The smallest absolute Gasteiger partial charge is 0.0640 e. The summed E-state index contributed by atoms with van der Waals surface area (Å²) < 4.78 is 1.11. The minimum atomic E-state index is 0.311. The summed E-state index contributed by atoms with van der Waals surface area (Å²) in [6.07, 6.45) is 5.76. The van der Waals surface area contributed by atoms with Crippen LogP contribution >= 0.6 is 27.5 Å². The molecular formula is C18H15BrClN. The topological polar surface area (TPSA) is 12.0 Å². The molecule has 0 radical (unpaired) electrons. The number of halogens is 2. The van der Waals surface area contributed by atoms with Gasteiger partial charge in [0.25, 0.3) is 0 Å². The summed E-state index contributed by atoms with van der Waals surface area (Å²) in [7, 11) is 0. The molecule has 0 amide bonds. The zero-order valence-electron chi connectivity index (χ0n) is 11.4. The van der Waals surface area contributed by atoms with E-state index in [9.17, 15) is 0 Å². The summed E-state index contributed by atoms with van der Waals surface area (Å²) in [4.78, 5) is 0. The van der Waals surface area contributed by atoms with Gasteiger partial charge in [0, 0.05) is 10.4 Å². The molecule has 106 valence electrons. The summed E-state index contributed by atoms with van der Waals surface area (Å²) in [6.45, 7) is 0. The molecule has 0 fully saturated rings. The van der Waals surface area contributed by atoms with Crippen LogP contribution < -0.4 is 5.32 Å². The lowest BCUT2D eigenvalue weighted by Gasteiger charge is -2.38. The van der Waals surface area contributed by atoms with E-state index in [1.165, 1.54) is 11.1 Å². The first-order valence-corrected chi connectivity index (χ1v) is 8.38. The molecule has 3 atom stereocenters. The van der Waals surface area contributed by atoms with Gasteiger partial charge in [-0.15, -0.1) is 0 Å². The van der Waals surface area contributed by atoms with Crippen LogP contribution in [0.25, 0.3) is 0 Å². The molecule has 0 saturated carbocycles. The van der Waals surface area contributed by atoms with Crippen molar-refractivity contribution in [1.82, 2.24) is 0 Å². The Labute approximate surface area is 138 Å². The molecule has 0 spiro atoms. The maximum Gasteiger partial charge on any atom is 0.0640 e. The summed E-state index contributed by atoms with van der Waals surface area (Å²) in [5, 5.41) is 4.50. The fraction of sp³-hybridized carbons (Fsp3) is 0.222. The highest BCUT2D eigenvalue weighted by Gasteiger charge is 2.38. The van der Waals surface area contributed by atoms with Crippen molar-refractivity contribution in [3.05, 3.63) is 75.2 Å². The second kappa shape index (κ2) is 5.19. The molecule has 1 N–H and O–H groups in total. The standard InChI is InChI=1S/C18H15BrClN/c19-12-9-7-11(8-10-12)17-14-4-1-3-13(14)15-5-2-6-16(20)18(15)21-17/h1-3,5-10,13-14,17,21H,4H2/t13-,14-,17+/m0/s1. The predicted octanol–water partition coefficient (Wildman–Crippen LogP) is 5.93. The van der Waals surface area contributed by atoms with E-state index in [2.05, 4.69) is 63.7 Å². The zero-order valence-corrected chi connectivity index (χ0v) is 13.7. The molecule has 2 aromatic carbocycles. The molecule has 1 heterocycles. The number of anilines is 1. The maximum atomic E-state index is 6.42. The Kier molecular flexibility index (Phi) is 3.31. The molecule has 0 saturated heterocycles. The highest BCUT2D eigenvalue weighted by atomic mass is 79.9. The first kappa shape index (κ1) is 13.4. The van der Waals surface area contributed by atoms with Crippen LogP contribution in [0.3, 0.4) is 0 Å². The molecule has 0 bridgehead atoms. The summed E-state index contributed by atoms with van der Waals surface area (Å²) >= 11 is 9.93. The second-order valence-electron chi connectivity index (χ2n) is 5.73. The first-order valence-electron chi connectivity index (χ1n) is 7.21. The highest BCUT2D eigenvalue weighted by molar-refractivity contribution is 9.10. The lowest BCUT2D eigenvalue weighted by Crippen LogP contribution is -2.29. The Morgan fingerprint density at radius 1 is 1.10 bits per heavy atom. The average Bonchev–Trinajstić information content (AvgIpc) is 2.98. The fourth-order valence-corrected chi connectivity index (χ4v) is 4.08. The lowest BCUT2D eigenvalue weighted by atomic mass is 9.77. The van der Waals surface area contributed by atoms with E-state index in [0.717, 1.165) is 21.6 Å². The highest BCUT2D eigenvalue weighted by Crippen LogP contribution is 2.51. The molecule has 3 heteroatoms. The third kappa shape index (κ3) is 2.21. The number of hydrogen-bond donors (Lipinski definition) is 1. The van der Waals surface area contributed by atoms with Crippen molar-refractivity contribution in [1.29, 1.82) is 0 Å². The van der Waals surface area contributed by atoms with Crippen molar-refractivity contribution < 1.29 is 0 Å². The van der Waals surface area contributed by atoms with Gasteiger partial charge in [-0.05, 0) is 41.7 Å². The van der Waals surface area contributed by atoms with Gasteiger partial charge < -0.3 is 5.32 Å². The van der Waals surface area contributed by atoms with Crippen LogP contribution in [0, 0.1) is 5.92 Å². The number of benzene rings is 2. The number of rotatable bonds is 1. The fourth-order valence-electron chi connectivity index (χ4n) is 3.58. The van der Waals surface area contributed by atoms with Crippen LogP contribution in [0.5, 0.6) is 0 Å². The van der Waals surface area contributed by atoms with Crippen LogP contribution in [-0.2, 0) is 0 Å². The van der Waals surface area contributed by atoms with E-state index in [4.69, 9.17) is 11.6 Å². The Bertz CT molecular complexity index is 708. The number of hydrogen-bond acceptors (Lipinski definition) is 1. The normalized spacial score (nSPS) is 26.1. The van der Waals surface area contributed by atoms with Gasteiger partial charge in [-0.1, -0.05) is 63.9 Å². The molecule has 21 heavy (non-hydrogen) atoms. The third-order valence-electron chi connectivity index (χ3n) is 4.58. The van der Waals surface area contributed by atoms with E-state index in [1.807, 2.05) is 12.1 Å². The monoisotopic (exact) mass is 359 g/mol. The van der Waals surface area contributed by atoms with E-state index in [0.29, 0.717) is 17.9 Å². The van der Waals surface area contributed by atoms with Gasteiger partial charge >= 0.3 is 0 Å².